The van der Waals surface area contributed by atoms with E-state index in [9.17, 15) is 4.39 Å². The van der Waals surface area contributed by atoms with Gasteiger partial charge in [0.2, 0.25) is 0 Å². The Morgan fingerprint density at radius 2 is 2.36 bits per heavy atom. The van der Waals surface area contributed by atoms with Gasteiger partial charge in [-0.05, 0) is 0 Å². The van der Waals surface area contributed by atoms with Crippen molar-refractivity contribution in [3.8, 4) is 0 Å². The molecule has 0 spiro atoms. The minimum Gasteiger partial charge on any atom is -0.375 e. The molecule has 1 rings (SSSR count). The fourth-order valence-corrected chi connectivity index (χ4v) is 1.15. The monoisotopic (exact) mass is 161 g/mol. The molecule has 0 aromatic rings. The molecule has 0 aliphatic carbocycles. The molecule has 3 heteroatoms. The van der Waals surface area contributed by atoms with E-state index in [1.807, 2.05) is 13.8 Å². The Balaban J connectivity index is 2.43. The highest BCUT2D eigenvalue weighted by Crippen LogP contribution is 2.24. The first-order chi connectivity index (χ1) is 5.17. The maximum absolute atomic E-state index is 12.4. The molecule has 1 fully saturated rings. The molecular formula is C8H16FNO. The van der Waals surface area contributed by atoms with Crippen LogP contribution in [0, 0.1) is 5.41 Å². The number of ether oxygens (including phenoxy) is 1. The van der Waals surface area contributed by atoms with Crippen molar-refractivity contribution in [2.24, 2.45) is 5.41 Å². The largest absolute Gasteiger partial charge is 0.375 e. The van der Waals surface area contributed by atoms with E-state index in [-0.39, 0.29) is 18.2 Å². The van der Waals surface area contributed by atoms with Crippen molar-refractivity contribution in [1.29, 1.82) is 0 Å². The van der Waals surface area contributed by atoms with Gasteiger partial charge in [-0.25, -0.2) is 0 Å². The Hall–Kier alpha value is -0.150. The molecule has 2 nitrogen and oxygen atoms in total. The molecule has 66 valence electrons. The number of hydrogen-bond acceptors (Lipinski definition) is 2. The third kappa shape index (κ3) is 2.14. The molecule has 0 bridgehead atoms. The highest BCUT2D eigenvalue weighted by Gasteiger charge is 2.31. The molecule has 1 saturated heterocycles. The molecule has 0 saturated carbocycles. The van der Waals surface area contributed by atoms with Crippen LogP contribution in [0.1, 0.15) is 13.8 Å². The van der Waals surface area contributed by atoms with Gasteiger partial charge in [0, 0.05) is 18.5 Å². The molecule has 0 aromatic heterocycles. The van der Waals surface area contributed by atoms with Crippen molar-refractivity contribution < 1.29 is 9.13 Å². The molecule has 0 aromatic carbocycles. The van der Waals surface area contributed by atoms with Gasteiger partial charge in [0.15, 0.2) is 0 Å². The predicted octanol–water partition coefficient (Wildman–Crippen LogP) is 0.970. The van der Waals surface area contributed by atoms with E-state index in [2.05, 4.69) is 5.32 Å². The lowest BCUT2D eigenvalue weighted by molar-refractivity contribution is -0.0518. The smallest absolute Gasteiger partial charge is 0.0970 e. The van der Waals surface area contributed by atoms with Crippen LogP contribution in [0.3, 0.4) is 0 Å². The Morgan fingerprint density at radius 1 is 1.64 bits per heavy atom. The lowest BCUT2D eigenvalue weighted by Crippen LogP contribution is -2.47. The third-order valence-corrected chi connectivity index (χ3v) is 2.14. The van der Waals surface area contributed by atoms with E-state index in [4.69, 9.17) is 4.74 Å². The zero-order chi connectivity index (χ0) is 8.32. The summed E-state index contributed by atoms with van der Waals surface area (Å²) in [5, 5.41) is 3.18. The zero-order valence-electron chi connectivity index (χ0n) is 7.19. The quantitative estimate of drug-likeness (QED) is 0.651. The summed E-state index contributed by atoms with van der Waals surface area (Å²) in [4.78, 5) is 0. The summed E-state index contributed by atoms with van der Waals surface area (Å²) in [6, 6.07) is 0. The highest BCUT2D eigenvalue weighted by molar-refractivity contribution is 4.82. The van der Waals surface area contributed by atoms with Gasteiger partial charge in [-0.1, -0.05) is 13.8 Å². The van der Waals surface area contributed by atoms with E-state index < -0.39 is 0 Å². The fourth-order valence-electron chi connectivity index (χ4n) is 1.15. The second-order valence-corrected chi connectivity index (χ2v) is 3.69. The second-order valence-electron chi connectivity index (χ2n) is 3.69. The van der Waals surface area contributed by atoms with Crippen LogP contribution in [0.15, 0.2) is 0 Å². The highest BCUT2D eigenvalue weighted by atomic mass is 19.1. The fraction of sp³-hybridized carbons (Fsp3) is 1.00. The van der Waals surface area contributed by atoms with E-state index in [1.165, 1.54) is 0 Å². The van der Waals surface area contributed by atoms with Crippen LogP contribution in [-0.2, 0) is 4.74 Å². The number of nitrogens with one attached hydrogen (secondary N) is 1. The molecule has 0 radical (unpaired) electrons. The second kappa shape index (κ2) is 3.50. The van der Waals surface area contributed by atoms with Crippen molar-refractivity contribution in [3.63, 3.8) is 0 Å². The summed E-state index contributed by atoms with van der Waals surface area (Å²) in [5.41, 5.74) is -0.340. The molecule has 11 heavy (non-hydrogen) atoms. The summed E-state index contributed by atoms with van der Waals surface area (Å²) in [5.74, 6) is 0. The van der Waals surface area contributed by atoms with E-state index in [0.717, 1.165) is 13.1 Å². The molecule has 0 amide bonds. The number of halogens is 1. The van der Waals surface area contributed by atoms with Crippen LogP contribution in [0.4, 0.5) is 4.39 Å². The first-order valence-corrected chi connectivity index (χ1v) is 4.05. The summed E-state index contributed by atoms with van der Waals surface area (Å²) in [6.45, 7) is 5.83. The molecule has 1 atom stereocenters. The van der Waals surface area contributed by atoms with Gasteiger partial charge in [0.05, 0.1) is 19.4 Å². The predicted molar refractivity (Wildman–Crippen MR) is 42.4 cm³/mol. The molecule has 1 unspecified atom stereocenters. The summed E-state index contributed by atoms with van der Waals surface area (Å²) >= 11 is 0. The van der Waals surface area contributed by atoms with Gasteiger partial charge >= 0.3 is 0 Å². The first-order valence-electron chi connectivity index (χ1n) is 4.05. The van der Waals surface area contributed by atoms with Crippen LogP contribution in [0.2, 0.25) is 0 Å². The molecule has 1 aliphatic heterocycles. The number of morpholine rings is 1. The van der Waals surface area contributed by atoms with Crippen molar-refractivity contribution in [1.82, 2.24) is 5.32 Å². The van der Waals surface area contributed by atoms with Crippen LogP contribution < -0.4 is 5.32 Å². The van der Waals surface area contributed by atoms with E-state index in [0.29, 0.717) is 6.61 Å². The van der Waals surface area contributed by atoms with Gasteiger partial charge in [-0.15, -0.1) is 0 Å². The minimum atomic E-state index is -0.340. The first kappa shape index (κ1) is 8.94. The normalized spacial score (nSPS) is 27.0. The van der Waals surface area contributed by atoms with Crippen LogP contribution in [0.5, 0.6) is 0 Å². The van der Waals surface area contributed by atoms with Gasteiger partial charge in [-0.2, -0.15) is 0 Å². The van der Waals surface area contributed by atoms with Crippen molar-refractivity contribution in [3.05, 3.63) is 0 Å². The summed E-state index contributed by atoms with van der Waals surface area (Å²) < 4.78 is 17.9. The Morgan fingerprint density at radius 3 is 2.82 bits per heavy atom. The topological polar surface area (TPSA) is 21.3 Å². The Kier molecular flexibility index (Phi) is 2.84. The van der Waals surface area contributed by atoms with Gasteiger partial charge in [-0.3, -0.25) is 4.39 Å². The number of alkyl halides is 1. The van der Waals surface area contributed by atoms with Gasteiger partial charge < -0.3 is 10.1 Å². The van der Waals surface area contributed by atoms with Gasteiger partial charge in [0.25, 0.3) is 0 Å². The molecule has 1 heterocycles. The lowest BCUT2D eigenvalue weighted by Gasteiger charge is -2.34. The van der Waals surface area contributed by atoms with Crippen LogP contribution in [0.25, 0.3) is 0 Å². The van der Waals surface area contributed by atoms with Crippen molar-refractivity contribution in [2.75, 3.05) is 26.4 Å². The Labute approximate surface area is 67.1 Å². The number of hydrogen-bond donors (Lipinski definition) is 1. The van der Waals surface area contributed by atoms with Crippen molar-refractivity contribution >= 4 is 0 Å². The maximum Gasteiger partial charge on any atom is 0.0970 e. The molecule has 1 N–H and O–H groups in total. The lowest BCUT2D eigenvalue weighted by atomic mass is 9.87. The van der Waals surface area contributed by atoms with Crippen molar-refractivity contribution in [2.45, 2.75) is 20.0 Å². The Bertz CT molecular complexity index is 121. The number of rotatable bonds is 2. The van der Waals surface area contributed by atoms with Crippen LogP contribution in [-0.4, -0.2) is 32.5 Å². The van der Waals surface area contributed by atoms with Gasteiger partial charge in [0.1, 0.15) is 0 Å². The average molecular weight is 161 g/mol. The molecular weight excluding hydrogens is 145 g/mol. The summed E-state index contributed by atoms with van der Waals surface area (Å²) in [6.07, 6.45) is 0.0289. The standard InChI is InChI=1S/C8H16FNO/c1-8(2,6-9)7-5-10-3-4-11-7/h7,10H,3-6H2,1-2H3. The maximum atomic E-state index is 12.4. The van der Waals surface area contributed by atoms with E-state index >= 15 is 0 Å². The summed E-state index contributed by atoms with van der Waals surface area (Å²) in [7, 11) is 0. The average Bonchev–Trinajstić information content (AvgIpc) is 2.06. The zero-order valence-corrected chi connectivity index (χ0v) is 7.19. The molecule has 1 aliphatic rings. The van der Waals surface area contributed by atoms with E-state index in [1.54, 1.807) is 0 Å². The SMILES string of the molecule is CC(C)(CF)C1CNCCO1. The minimum absolute atomic E-state index is 0.0289. The third-order valence-electron chi connectivity index (χ3n) is 2.14. The van der Waals surface area contributed by atoms with Crippen LogP contribution >= 0.6 is 0 Å².